The molecule has 1 unspecified atom stereocenters. The predicted octanol–water partition coefficient (Wildman–Crippen LogP) is 2.73. The summed E-state index contributed by atoms with van der Waals surface area (Å²) in [5.74, 6) is 0.737. The maximum atomic E-state index is 11.8. The summed E-state index contributed by atoms with van der Waals surface area (Å²) >= 11 is 5.96. The molecule has 114 valence electrons. The first-order chi connectivity index (χ1) is 9.06. The molecule has 20 heavy (non-hydrogen) atoms. The summed E-state index contributed by atoms with van der Waals surface area (Å²) in [6, 6.07) is 7.37. The van der Waals surface area contributed by atoms with E-state index in [4.69, 9.17) is 22.1 Å². The highest BCUT2D eigenvalue weighted by Gasteiger charge is 2.13. The fourth-order valence-corrected chi connectivity index (χ4v) is 1.74. The minimum atomic E-state index is 0. The monoisotopic (exact) mass is 320 g/mol. The van der Waals surface area contributed by atoms with Crippen molar-refractivity contribution < 1.29 is 9.53 Å². The zero-order valence-corrected chi connectivity index (χ0v) is 13.4. The van der Waals surface area contributed by atoms with E-state index in [9.17, 15) is 4.79 Å². The van der Waals surface area contributed by atoms with Crippen molar-refractivity contribution in [3.63, 3.8) is 0 Å². The normalized spacial score (nSPS) is 11.4. The molecule has 1 aromatic carbocycles. The number of nitrogens with zero attached hydrogens (tertiary/aromatic N) is 1. The minimum Gasteiger partial charge on any atom is -0.492 e. The van der Waals surface area contributed by atoms with E-state index in [-0.39, 0.29) is 24.4 Å². The fraction of sp³-hybridized carbons (Fsp3) is 0.500. The number of benzene rings is 1. The Balaban J connectivity index is 0.00000361. The van der Waals surface area contributed by atoms with Gasteiger partial charge < -0.3 is 15.4 Å². The highest BCUT2D eigenvalue weighted by atomic mass is 35.5. The van der Waals surface area contributed by atoms with Crippen molar-refractivity contribution in [3.05, 3.63) is 29.3 Å². The molecule has 0 aliphatic carbocycles. The average Bonchev–Trinajstić information content (AvgIpc) is 2.43. The lowest BCUT2D eigenvalue weighted by Gasteiger charge is -2.23. The largest absolute Gasteiger partial charge is 0.492 e. The third kappa shape index (κ3) is 5.99. The molecule has 4 nitrogen and oxygen atoms in total. The summed E-state index contributed by atoms with van der Waals surface area (Å²) in [6.07, 6.45) is 1.11. The second kappa shape index (κ2) is 9.86. The fourth-order valence-electron chi connectivity index (χ4n) is 1.55. The number of likely N-dealkylation sites (N-methyl/N-ethyl adjacent to an activating group) is 1. The average molecular weight is 321 g/mol. The van der Waals surface area contributed by atoms with Crippen LogP contribution in [0.5, 0.6) is 5.75 Å². The van der Waals surface area contributed by atoms with Gasteiger partial charge in [0.15, 0.2) is 0 Å². The van der Waals surface area contributed by atoms with Crippen LogP contribution in [0, 0.1) is 0 Å². The molecule has 0 aliphatic heterocycles. The van der Waals surface area contributed by atoms with Crippen LogP contribution in [0.3, 0.4) is 0 Å². The number of halogens is 2. The number of para-hydroxylation sites is 1. The van der Waals surface area contributed by atoms with Gasteiger partial charge in [-0.2, -0.15) is 0 Å². The molecule has 0 bridgehead atoms. The Bertz CT molecular complexity index is 416. The molecular weight excluding hydrogens is 299 g/mol. The van der Waals surface area contributed by atoms with E-state index in [1.54, 1.807) is 18.0 Å². The quantitative estimate of drug-likeness (QED) is 0.786. The van der Waals surface area contributed by atoms with Crippen molar-refractivity contribution >= 4 is 29.9 Å². The lowest BCUT2D eigenvalue weighted by molar-refractivity contribution is -0.131. The summed E-state index contributed by atoms with van der Waals surface area (Å²) in [4.78, 5) is 13.5. The van der Waals surface area contributed by atoms with Crippen molar-refractivity contribution in [2.75, 3.05) is 20.2 Å². The zero-order valence-electron chi connectivity index (χ0n) is 11.8. The van der Waals surface area contributed by atoms with Crippen molar-refractivity contribution in [1.29, 1.82) is 0 Å². The Morgan fingerprint density at radius 2 is 2.10 bits per heavy atom. The summed E-state index contributed by atoms with van der Waals surface area (Å²) in [6.45, 7) is 2.87. The smallest absolute Gasteiger partial charge is 0.222 e. The Kier molecular flexibility index (Phi) is 9.38. The van der Waals surface area contributed by atoms with Gasteiger partial charge in [-0.15, -0.1) is 12.4 Å². The Morgan fingerprint density at radius 3 is 2.70 bits per heavy atom. The van der Waals surface area contributed by atoms with Crippen molar-refractivity contribution in [2.24, 2.45) is 5.73 Å². The molecule has 1 atom stereocenters. The number of rotatable bonds is 7. The number of hydrogen-bond donors (Lipinski definition) is 1. The summed E-state index contributed by atoms with van der Waals surface area (Å²) < 4.78 is 5.53. The third-order valence-corrected chi connectivity index (χ3v) is 3.34. The van der Waals surface area contributed by atoms with Crippen molar-refractivity contribution in [2.45, 2.75) is 25.8 Å². The number of carbonyl (C=O) groups excluding carboxylic acids is 1. The molecule has 0 spiro atoms. The highest BCUT2D eigenvalue weighted by Crippen LogP contribution is 2.23. The molecular formula is C14H22Cl2N2O2. The van der Waals surface area contributed by atoms with Gasteiger partial charge in [-0.25, -0.2) is 0 Å². The van der Waals surface area contributed by atoms with Gasteiger partial charge in [0, 0.05) is 26.1 Å². The van der Waals surface area contributed by atoms with Crippen LogP contribution < -0.4 is 10.5 Å². The van der Waals surface area contributed by atoms with Crippen molar-refractivity contribution in [1.82, 2.24) is 4.90 Å². The molecule has 1 aromatic rings. The van der Waals surface area contributed by atoms with Crippen molar-refractivity contribution in [3.8, 4) is 5.75 Å². The molecule has 1 rings (SSSR count). The maximum absolute atomic E-state index is 11.8. The van der Waals surface area contributed by atoms with Gasteiger partial charge in [0.2, 0.25) is 5.91 Å². The SMILES string of the molecule is CC(CN)N(C)C(=O)CCCOc1ccccc1Cl.Cl. The van der Waals surface area contributed by atoms with Crippen LogP contribution >= 0.6 is 24.0 Å². The maximum Gasteiger partial charge on any atom is 0.222 e. The lowest BCUT2D eigenvalue weighted by atomic mass is 10.2. The molecule has 6 heteroatoms. The number of nitrogens with two attached hydrogens (primary N) is 1. The van der Waals surface area contributed by atoms with Crippen LogP contribution in [0.25, 0.3) is 0 Å². The molecule has 0 aliphatic rings. The molecule has 2 N–H and O–H groups in total. The van der Waals surface area contributed by atoms with E-state index < -0.39 is 0 Å². The van der Waals surface area contributed by atoms with E-state index in [1.165, 1.54) is 0 Å². The van der Waals surface area contributed by atoms with Gasteiger partial charge in [0.05, 0.1) is 11.6 Å². The predicted molar refractivity (Wildman–Crippen MR) is 84.7 cm³/mol. The number of hydrogen-bond acceptors (Lipinski definition) is 3. The van der Waals surface area contributed by atoms with Crippen LogP contribution in [0.1, 0.15) is 19.8 Å². The summed E-state index contributed by atoms with van der Waals surface area (Å²) in [5.41, 5.74) is 5.52. The summed E-state index contributed by atoms with van der Waals surface area (Å²) in [7, 11) is 1.77. The van der Waals surface area contributed by atoms with E-state index in [1.807, 2.05) is 25.1 Å². The van der Waals surface area contributed by atoms with Gasteiger partial charge in [-0.1, -0.05) is 23.7 Å². The molecule has 0 radical (unpaired) electrons. The number of carbonyl (C=O) groups is 1. The highest BCUT2D eigenvalue weighted by molar-refractivity contribution is 6.32. The Labute approximate surface area is 131 Å². The zero-order chi connectivity index (χ0) is 14.3. The summed E-state index contributed by atoms with van der Waals surface area (Å²) in [5, 5.41) is 0.586. The van der Waals surface area contributed by atoms with Gasteiger partial charge in [0.25, 0.3) is 0 Å². The molecule has 0 aromatic heterocycles. The second-order valence-corrected chi connectivity index (χ2v) is 4.88. The molecule has 0 saturated carbocycles. The van der Waals surface area contributed by atoms with Gasteiger partial charge >= 0.3 is 0 Å². The molecule has 0 saturated heterocycles. The van der Waals surface area contributed by atoms with Gasteiger partial charge in [-0.3, -0.25) is 4.79 Å². The van der Waals surface area contributed by atoms with E-state index in [0.29, 0.717) is 36.8 Å². The first kappa shape index (κ1) is 19.0. The van der Waals surface area contributed by atoms with E-state index >= 15 is 0 Å². The van der Waals surface area contributed by atoms with Gasteiger partial charge in [0.1, 0.15) is 5.75 Å². The van der Waals surface area contributed by atoms with Crippen LogP contribution in [-0.4, -0.2) is 37.0 Å². The van der Waals surface area contributed by atoms with Crippen LogP contribution in [0.4, 0.5) is 0 Å². The van der Waals surface area contributed by atoms with Crippen LogP contribution in [-0.2, 0) is 4.79 Å². The van der Waals surface area contributed by atoms with Crippen LogP contribution in [0.2, 0.25) is 5.02 Å². The first-order valence-corrected chi connectivity index (χ1v) is 6.77. The topological polar surface area (TPSA) is 55.6 Å². The third-order valence-electron chi connectivity index (χ3n) is 3.02. The second-order valence-electron chi connectivity index (χ2n) is 4.47. The minimum absolute atomic E-state index is 0. The van der Waals surface area contributed by atoms with E-state index in [0.717, 1.165) is 0 Å². The van der Waals surface area contributed by atoms with Crippen LogP contribution in [0.15, 0.2) is 24.3 Å². The molecule has 0 fully saturated rings. The Morgan fingerprint density at radius 1 is 1.45 bits per heavy atom. The van der Waals surface area contributed by atoms with Gasteiger partial charge in [-0.05, 0) is 25.5 Å². The standard InChI is InChI=1S/C14H21ClN2O2.ClH/c1-11(10-16)17(2)14(18)8-5-9-19-13-7-4-3-6-12(13)15;/h3-4,6-7,11H,5,8-10,16H2,1-2H3;1H. The first-order valence-electron chi connectivity index (χ1n) is 6.39. The van der Waals surface area contributed by atoms with E-state index in [2.05, 4.69) is 0 Å². The molecule has 0 heterocycles. The Hall–Kier alpha value is -0.970. The lowest BCUT2D eigenvalue weighted by Crippen LogP contribution is -2.39. The number of ether oxygens (including phenoxy) is 1. The number of amides is 1. The molecule has 1 amide bonds.